The van der Waals surface area contributed by atoms with Gasteiger partial charge in [-0.15, -0.1) is 0 Å². The number of carbonyl (C=O) groups is 1. The first-order valence-corrected chi connectivity index (χ1v) is 10.1. The number of nitrogens with zero attached hydrogens (tertiary/aromatic N) is 4. The number of para-hydroxylation sites is 1. The van der Waals surface area contributed by atoms with Crippen LogP contribution < -0.4 is 10.2 Å². The second-order valence-corrected chi connectivity index (χ2v) is 7.64. The SMILES string of the molecule is Cc1nn(-c2ccccc2)c2cc(N3CCN(C4CCNCC4)C3=O)ccc12. The third kappa shape index (κ3) is 2.85. The Labute approximate surface area is 164 Å². The van der Waals surface area contributed by atoms with E-state index in [1.54, 1.807) is 0 Å². The van der Waals surface area contributed by atoms with Crippen LogP contribution in [-0.4, -0.2) is 52.9 Å². The van der Waals surface area contributed by atoms with Crippen molar-refractivity contribution in [2.45, 2.75) is 25.8 Å². The van der Waals surface area contributed by atoms with Gasteiger partial charge < -0.3 is 10.2 Å². The van der Waals surface area contributed by atoms with Crippen molar-refractivity contribution < 1.29 is 4.79 Å². The molecule has 1 N–H and O–H groups in total. The number of rotatable bonds is 3. The average molecular weight is 375 g/mol. The van der Waals surface area contributed by atoms with Gasteiger partial charge in [0.15, 0.2) is 0 Å². The summed E-state index contributed by atoms with van der Waals surface area (Å²) in [6, 6.07) is 16.9. The molecule has 2 saturated heterocycles. The molecule has 3 aromatic rings. The fourth-order valence-corrected chi connectivity index (χ4v) is 4.44. The number of carbonyl (C=O) groups excluding carboxylic acids is 1. The summed E-state index contributed by atoms with van der Waals surface area (Å²) in [5.41, 5.74) is 4.01. The van der Waals surface area contributed by atoms with Crippen molar-refractivity contribution in [2.24, 2.45) is 0 Å². The minimum Gasteiger partial charge on any atom is -0.319 e. The highest BCUT2D eigenvalue weighted by Gasteiger charge is 2.35. The van der Waals surface area contributed by atoms with Crippen molar-refractivity contribution in [1.29, 1.82) is 0 Å². The molecule has 2 aliphatic rings. The highest BCUT2D eigenvalue weighted by atomic mass is 16.2. The zero-order chi connectivity index (χ0) is 19.1. The molecule has 2 aliphatic heterocycles. The predicted molar refractivity (Wildman–Crippen MR) is 111 cm³/mol. The molecule has 1 aromatic heterocycles. The van der Waals surface area contributed by atoms with Crippen LogP contribution in [0, 0.1) is 6.92 Å². The maximum Gasteiger partial charge on any atom is 0.324 e. The minimum atomic E-state index is 0.133. The fraction of sp³-hybridized carbons (Fsp3) is 0.364. The third-order valence-corrected chi connectivity index (χ3v) is 5.95. The summed E-state index contributed by atoms with van der Waals surface area (Å²) in [6.45, 7) is 5.57. The van der Waals surface area contributed by atoms with Gasteiger partial charge in [-0.3, -0.25) is 4.90 Å². The molecule has 2 aromatic carbocycles. The lowest BCUT2D eigenvalue weighted by Gasteiger charge is -2.31. The topological polar surface area (TPSA) is 53.4 Å². The van der Waals surface area contributed by atoms with E-state index in [9.17, 15) is 4.79 Å². The number of aromatic nitrogens is 2. The van der Waals surface area contributed by atoms with E-state index >= 15 is 0 Å². The fourth-order valence-electron chi connectivity index (χ4n) is 4.44. The molecule has 0 spiro atoms. The van der Waals surface area contributed by atoms with Gasteiger partial charge in [-0.05, 0) is 63.2 Å². The number of piperidine rings is 1. The number of urea groups is 1. The molecule has 6 nitrogen and oxygen atoms in total. The summed E-state index contributed by atoms with van der Waals surface area (Å²) in [4.78, 5) is 17.1. The van der Waals surface area contributed by atoms with Gasteiger partial charge in [-0.2, -0.15) is 5.10 Å². The van der Waals surface area contributed by atoms with E-state index in [1.807, 2.05) is 34.7 Å². The van der Waals surface area contributed by atoms with Crippen LogP contribution in [0.2, 0.25) is 0 Å². The molecule has 0 radical (unpaired) electrons. The van der Waals surface area contributed by atoms with E-state index in [0.717, 1.165) is 67.0 Å². The second-order valence-electron chi connectivity index (χ2n) is 7.64. The summed E-state index contributed by atoms with van der Waals surface area (Å²) < 4.78 is 1.97. The Morgan fingerprint density at radius 2 is 1.79 bits per heavy atom. The van der Waals surface area contributed by atoms with Gasteiger partial charge in [0.1, 0.15) is 0 Å². The van der Waals surface area contributed by atoms with Crippen LogP contribution in [0.5, 0.6) is 0 Å². The highest BCUT2D eigenvalue weighted by Crippen LogP contribution is 2.30. The van der Waals surface area contributed by atoms with Crippen molar-refractivity contribution in [1.82, 2.24) is 20.0 Å². The Morgan fingerprint density at radius 3 is 2.57 bits per heavy atom. The number of hydrogen-bond donors (Lipinski definition) is 1. The molecule has 0 unspecified atom stereocenters. The molecular weight excluding hydrogens is 350 g/mol. The molecule has 0 bridgehead atoms. The van der Waals surface area contributed by atoms with Gasteiger partial charge in [-0.1, -0.05) is 18.2 Å². The van der Waals surface area contributed by atoms with E-state index in [0.29, 0.717) is 6.04 Å². The molecule has 0 saturated carbocycles. The maximum atomic E-state index is 13.1. The number of anilines is 1. The Morgan fingerprint density at radius 1 is 1.00 bits per heavy atom. The standard InChI is InChI=1S/C22H25N5O/c1-16-20-8-7-19(15-21(20)27(24-16)18-5-3-2-4-6-18)26-14-13-25(22(26)28)17-9-11-23-12-10-17/h2-8,15,17,23H,9-14H2,1H3. The second kappa shape index (κ2) is 6.95. The van der Waals surface area contributed by atoms with Crippen LogP contribution in [0.4, 0.5) is 10.5 Å². The van der Waals surface area contributed by atoms with E-state index in [-0.39, 0.29) is 6.03 Å². The summed E-state index contributed by atoms with van der Waals surface area (Å²) >= 11 is 0. The third-order valence-electron chi connectivity index (χ3n) is 5.95. The lowest BCUT2D eigenvalue weighted by molar-refractivity contribution is 0.185. The van der Waals surface area contributed by atoms with E-state index in [2.05, 4.69) is 40.5 Å². The van der Waals surface area contributed by atoms with Crippen molar-refractivity contribution in [2.75, 3.05) is 31.1 Å². The Bertz CT molecular complexity index is 1010. The van der Waals surface area contributed by atoms with Crippen LogP contribution in [0.25, 0.3) is 16.6 Å². The van der Waals surface area contributed by atoms with Crippen molar-refractivity contribution in [3.63, 3.8) is 0 Å². The van der Waals surface area contributed by atoms with Crippen LogP contribution in [-0.2, 0) is 0 Å². The monoisotopic (exact) mass is 375 g/mol. The molecule has 2 amide bonds. The van der Waals surface area contributed by atoms with Crippen molar-refractivity contribution >= 4 is 22.6 Å². The van der Waals surface area contributed by atoms with Crippen LogP contribution in [0.1, 0.15) is 18.5 Å². The zero-order valence-electron chi connectivity index (χ0n) is 16.1. The predicted octanol–water partition coefficient (Wildman–Crippen LogP) is 3.33. The van der Waals surface area contributed by atoms with E-state index in [4.69, 9.17) is 5.10 Å². The summed E-state index contributed by atoms with van der Waals surface area (Å²) in [6.07, 6.45) is 2.08. The highest BCUT2D eigenvalue weighted by molar-refractivity contribution is 5.97. The van der Waals surface area contributed by atoms with Gasteiger partial charge in [0, 0.05) is 30.2 Å². The molecule has 144 valence electrons. The van der Waals surface area contributed by atoms with E-state index < -0.39 is 0 Å². The Hall–Kier alpha value is -2.86. The van der Waals surface area contributed by atoms with E-state index in [1.165, 1.54) is 0 Å². The first-order chi connectivity index (χ1) is 13.7. The van der Waals surface area contributed by atoms with Gasteiger partial charge in [0.05, 0.1) is 16.9 Å². The molecule has 5 rings (SSSR count). The molecule has 2 fully saturated rings. The zero-order valence-corrected chi connectivity index (χ0v) is 16.1. The lowest BCUT2D eigenvalue weighted by Crippen LogP contribution is -2.45. The molecule has 0 aliphatic carbocycles. The number of fused-ring (bicyclic) bond motifs is 1. The van der Waals surface area contributed by atoms with Crippen LogP contribution in [0.3, 0.4) is 0 Å². The first-order valence-electron chi connectivity index (χ1n) is 10.1. The normalized spacial score (nSPS) is 18.4. The first kappa shape index (κ1) is 17.3. The molecule has 0 atom stereocenters. The summed E-state index contributed by atoms with van der Waals surface area (Å²) in [5, 5.41) is 9.23. The summed E-state index contributed by atoms with van der Waals surface area (Å²) in [5.74, 6) is 0. The van der Waals surface area contributed by atoms with Crippen molar-refractivity contribution in [3.8, 4) is 5.69 Å². The van der Waals surface area contributed by atoms with Gasteiger partial charge >= 0.3 is 6.03 Å². The Kier molecular flexibility index (Phi) is 4.28. The maximum absolute atomic E-state index is 13.1. The smallest absolute Gasteiger partial charge is 0.319 e. The molecule has 28 heavy (non-hydrogen) atoms. The molecular formula is C22H25N5O. The number of aryl methyl sites for hydroxylation is 1. The largest absolute Gasteiger partial charge is 0.324 e. The number of hydrogen-bond acceptors (Lipinski definition) is 3. The summed E-state index contributed by atoms with van der Waals surface area (Å²) in [7, 11) is 0. The van der Waals surface area contributed by atoms with Crippen LogP contribution >= 0.6 is 0 Å². The Balaban J connectivity index is 1.49. The van der Waals surface area contributed by atoms with Gasteiger partial charge in [-0.25, -0.2) is 9.48 Å². The van der Waals surface area contributed by atoms with Gasteiger partial charge in [0.25, 0.3) is 0 Å². The number of nitrogens with one attached hydrogen (secondary N) is 1. The molecule has 6 heteroatoms. The number of amides is 2. The molecule has 3 heterocycles. The van der Waals surface area contributed by atoms with Gasteiger partial charge in [0.2, 0.25) is 0 Å². The number of benzene rings is 2. The quantitative estimate of drug-likeness (QED) is 0.764. The lowest BCUT2D eigenvalue weighted by atomic mass is 10.1. The van der Waals surface area contributed by atoms with Crippen LogP contribution in [0.15, 0.2) is 48.5 Å². The van der Waals surface area contributed by atoms with Crippen molar-refractivity contribution in [3.05, 3.63) is 54.2 Å². The average Bonchev–Trinajstić information content (AvgIpc) is 3.29. The minimum absolute atomic E-state index is 0.133.